The van der Waals surface area contributed by atoms with Gasteiger partial charge in [0.1, 0.15) is 19.8 Å². The van der Waals surface area contributed by atoms with E-state index in [-0.39, 0.29) is 32.0 Å². The van der Waals surface area contributed by atoms with E-state index in [1.807, 2.05) is 21.1 Å². The SMILES string of the molecule is CC/C=C\C/C=C\C/C=C\C/C=C\C/C=C\C/C=C\CCCCCCCCCCCCCCCCCCC(=O)OC(COC(=O)CCCCCCCCCCCCCCCCCC/C=C\C/C=C\C/C=C\CCCCCCC)COP(=O)(O)OCC[N+](C)(C)C. The van der Waals surface area contributed by atoms with Crippen molar-refractivity contribution in [3.63, 3.8) is 0 Å². The second-order valence-electron chi connectivity index (χ2n) is 26.3. The maximum Gasteiger partial charge on any atom is 0.472 e. The summed E-state index contributed by atoms with van der Waals surface area (Å²) in [6.45, 7) is 4.34. The highest BCUT2D eigenvalue weighted by Gasteiger charge is 2.27. The molecule has 0 aliphatic carbocycles. The molecular formula is C80H143NO8P+. The van der Waals surface area contributed by atoms with Crippen LogP contribution in [0, 0.1) is 0 Å². The van der Waals surface area contributed by atoms with Crippen molar-refractivity contribution in [3.8, 4) is 0 Å². The normalized spacial score (nSPS) is 13.7. The average molecular weight is 1280 g/mol. The largest absolute Gasteiger partial charge is 0.472 e. The van der Waals surface area contributed by atoms with E-state index in [1.54, 1.807) is 0 Å². The average Bonchev–Trinajstić information content (AvgIpc) is 3.61. The molecule has 0 saturated heterocycles. The van der Waals surface area contributed by atoms with Gasteiger partial charge >= 0.3 is 19.8 Å². The van der Waals surface area contributed by atoms with Gasteiger partial charge in [0.05, 0.1) is 27.7 Å². The Balaban J connectivity index is 4.01. The molecule has 0 rings (SSSR count). The lowest BCUT2D eigenvalue weighted by Crippen LogP contribution is -2.37. The van der Waals surface area contributed by atoms with Gasteiger partial charge in [0, 0.05) is 12.8 Å². The van der Waals surface area contributed by atoms with Gasteiger partial charge in [-0.05, 0) is 103 Å². The van der Waals surface area contributed by atoms with Crippen LogP contribution in [0.3, 0.4) is 0 Å². The summed E-state index contributed by atoms with van der Waals surface area (Å²) in [4.78, 5) is 35.9. The van der Waals surface area contributed by atoms with E-state index in [0.29, 0.717) is 17.4 Å². The first-order chi connectivity index (χ1) is 44.0. The second kappa shape index (κ2) is 70.0. The lowest BCUT2D eigenvalue weighted by Gasteiger charge is -2.24. The summed E-state index contributed by atoms with van der Waals surface area (Å²) in [5, 5.41) is 0. The number of phosphoric ester groups is 1. The number of hydrogen-bond acceptors (Lipinski definition) is 7. The van der Waals surface area contributed by atoms with Crippen LogP contribution >= 0.6 is 7.82 Å². The molecule has 520 valence electrons. The van der Waals surface area contributed by atoms with Gasteiger partial charge in [-0.25, -0.2) is 4.57 Å². The number of quaternary nitrogens is 1. The fraction of sp³-hybridized carbons (Fsp3) is 0.750. The van der Waals surface area contributed by atoms with Crippen molar-refractivity contribution < 1.29 is 42.1 Å². The minimum absolute atomic E-state index is 0.0296. The maximum absolute atomic E-state index is 12.9. The summed E-state index contributed by atoms with van der Waals surface area (Å²) in [5.41, 5.74) is 0. The second-order valence-corrected chi connectivity index (χ2v) is 27.8. The number of hydrogen-bond donors (Lipinski definition) is 1. The van der Waals surface area contributed by atoms with E-state index >= 15 is 0 Å². The summed E-state index contributed by atoms with van der Waals surface area (Å²) < 4.78 is 34.8. The van der Waals surface area contributed by atoms with Crippen molar-refractivity contribution in [2.24, 2.45) is 0 Å². The Morgan fingerprint density at radius 2 is 0.633 bits per heavy atom. The molecular weight excluding hydrogens is 1130 g/mol. The Bertz CT molecular complexity index is 1890. The molecule has 0 aliphatic rings. The predicted molar refractivity (Wildman–Crippen MR) is 390 cm³/mol. The molecule has 2 atom stereocenters. The number of carbonyl (C=O) groups excluding carboxylic acids is 2. The number of nitrogens with zero attached hydrogens (tertiary/aromatic N) is 1. The zero-order valence-corrected chi connectivity index (χ0v) is 60.2. The lowest BCUT2D eigenvalue weighted by atomic mass is 10.0. The molecule has 0 fully saturated rings. The van der Waals surface area contributed by atoms with Gasteiger partial charge in [0.2, 0.25) is 0 Å². The molecule has 0 radical (unpaired) electrons. The quantitative estimate of drug-likeness (QED) is 0.0211. The van der Waals surface area contributed by atoms with Gasteiger partial charge < -0.3 is 18.9 Å². The minimum Gasteiger partial charge on any atom is -0.462 e. The minimum atomic E-state index is -4.40. The van der Waals surface area contributed by atoms with Crippen molar-refractivity contribution in [2.75, 3.05) is 47.5 Å². The summed E-state index contributed by atoms with van der Waals surface area (Å²) in [5.74, 6) is -0.788. The van der Waals surface area contributed by atoms with Gasteiger partial charge in [0.25, 0.3) is 0 Å². The Morgan fingerprint density at radius 3 is 0.944 bits per heavy atom. The van der Waals surface area contributed by atoms with Gasteiger partial charge in [-0.2, -0.15) is 0 Å². The van der Waals surface area contributed by atoms with Crippen LogP contribution in [0.4, 0.5) is 0 Å². The van der Waals surface area contributed by atoms with Gasteiger partial charge in [0.15, 0.2) is 6.10 Å². The molecule has 0 aromatic heterocycles. The van der Waals surface area contributed by atoms with E-state index in [1.165, 1.54) is 218 Å². The van der Waals surface area contributed by atoms with Crippen molar-refractivity contribution in [2.45, 2.75) is 341 Å². The van der Waals surface area contributed by atoms with E-state index in [2.05, 4.69) is 123 Å². The Kier molecular flexibility index (Phi) is 67.4. The predicted octanol–water partition coefficient (Wildman–Crippen LogP) is 24.8. The molecule has 0 amide bonds. The lowest BCUT2D eigenvalue weighted by molar-refractivity contribution is -0.870. The van der Waals surface area contributed by atoms with E-state index in [0.717, 1.165) is 83.5 Å². The summed E-state index contributed by atoms with van der Waals surface area (Å²) in [6.07, 6.45) is 99.2. The van der Waals surface area contributed by atoms with Crippen LogP contribution in [-0.4, -0.2) is 74.9 Å². The van der Waals surface area contributed by atoms with Crippen LogP contribution < -0.4 is 0 Å². The summed E-state index contributed by atoms with van der Waals surface area (Å²) in [7, 11) is 1.48. The number of allylic oxidation sites excluding steroid dienone is 18. The molecule has 90 heavy (non-hydrogen) atoms. The number of ether oxygens (including phenoxy) is 2. The van der Waals surface area contributed by atoms with Crippen LogP contribution in [0.25, 0.3) is 0 Å². The molecule has 0 saturated carbocycles. The van der Waals surface area contributed by atoms with Crippen LogP contribution in [0.5, 0.6) is 0 Å². The third-order valence-corrected chi connectivity index (χ3v) is 17.3. The number of esters is 2. The highest BCUT2D eigenvalue weighted by Crippen LogP contribution is 2.43. The number of phosphoric acid groups is 1. The fourth-order valence-electron chi connectivity index (χ4n) is 10.6. The number of likely N-dealkylation sites (N-methyl/N-ethyl adjacent to an activating group) is 1. The van der Waals surface area contributed by atoms with E-state index in [4.69, 9.17) is 18.5 Å². The summed E-state index contributed by atoms with van der Waals surface area (Å²) >= 11 is 0. The first-order valence-electron chi connectivity index (χ1n) is 37.6. The van der Waals surface area contributed by atoms with E-state index in [9.17, 15) is 19.0 Å². The molecule has 0 aromatic carbocycles. The van der Waals surface area contributed by atoms with Crippen LogP contribution in [0.1, 0.15) is 335 Å². The molecule has 0 aliphatic heterocycles. The monoisotopic (exact) mass is 1280 g/mol. The standard InChI is InChI=1S/C80H142NO8P/c1-6-8-10-12-14-16-18-20-22-24-26-28-30-32-34-36-38-39-40-41-43-45-47-49-51-53-55-57-59-61-63-65-67-69-71-73-80(83)89-78(77-88-90(84,85)87-75-74-81(3,4)5)76-86-79(82)72-70-68-66-64-62-60-58-56-54-52-50-48-46-44-42-37-35-33-31-29-27-25-23-21-19-17-15-13-11-9-7-2/h8,10,14,16,19-22,25-28,31-34,38-39,78H,6-7,9,11-13,15,17-18,23-24,29-30,35-37,40-77H2,1-5H3/p+1/b10-8-,16-14-,21-19-,22-20-,27-25-,28-26-,33-31-,34-32-,39-38-. The molecule has 10 heteroatoms. The van der Waals surface area contributed by atoms with Crippen molar-refractivity contribution in [1.29, 1.82) is 0 Å². The molecule has 0 spiro atoms. The summed E-state index contributed by atoms with van der Waals surface area (Å²) in [6, 6.07) is 0. The van der Waals surface area contributed by atoms with Gasteiger partial charge in [-0.3, -0.25) is 18.6 Å². The van der Waals surface area contributed by atoms with Crippen LogP contribution in [0.15, 0.2) is 109 Å². The Morgan fingerprint density at radius 1 is 0.356 bits per heavy atom. The van der Waals surface area contributed by atoms with Crippen LogP contribution in [0.2, 0.25) is 0 Å². The van der Waals surface area contributed by atoms with Crippen molar-refractivity contribution in [1.82, 2.24) is 0 Å². The van der Waals surface area contributed by atoms with Gasteiger partial charge in [-0.15, -0.1) is 0 Å². The first-order valence-corrected chi connectivity index (χ1v) is 39.1. The van der Waals surface area contributed by atoms with Crippen molar-refractivity contribution in [3.05, 3.63) is 109 Å². The molecule has 0 bridgehead atoms. The maximum atomic E-state index is 12.9. The molecule has 1 N–H and O–H groups in total. The number of carbonyl (C=O) groups is 2. The highest BCUT2D eigenvalue weighted by molar-refractivity contribution is 7.47. The van der Waals surface area contributed by atoms with Crippen molar-refractivity contribution >= 4 is 19.8 Å². The number of rotatable bonds is 69. The first kappa shape index (κ1) is 86.7. The molecule has 9 nitrogen and oxygen atoms in total. The smallest absolute Gasteiger partial charge is 0.462 e. The molecule has 2 unspecified atom stereocenters. The topological polar surface area (TPSA) is 108 Å². The number of unbranched alkanes of at least 4 members (excludes halogenated alkanes) is 37. The zero-order valence-electron chi connectivity index (χ0n) is 59.4. The van der Waals surface area contributed by atoms with Gasteiger partial charge in [-0.1, -0.05) is 329 Å². The molecule has 0 heterocycles. The Hall–Kier alpha value is -3.33. The Labute approximate surface area is 556 Å². The highest BCUT2D eigenvalue weighted by atomic mass is 31.2. The van der Waals surface area contributed by atoms with Crippen LogP contribution in [-0.2, 0) is 32.7 Å². The third-order valence-electron chi connectivity index (χ3n) is 16.3. The fourth-order valence-corrected chi connectivity index (χ4v) is 11.3. The molecule has 0 aromatic rings. The third kappa shape index (κ3) is 73.7. The zero-order chi connectivity index (χ0) is 65.5. The van der Waals surface area contributed by atoms with E-state index < -0.39 is 26.5 Å².